The van der Waals surface area contributed by atoms with Crippen LogP contribution in [0.3, 0.4) is 0 Å². The maximum absolute atomic E-state index is 13.3. The van der Waals surface area contributed by atoms with E-state index in [2.05, 4.69) is 0 Å². The lowest BCUT2D eigenvalue weighted by atomic mass is 10.1. The van der Waals surface area contributed by atoms with E-state index >= 15 is 0 Å². The van der Waals surface area contributed by atoms with Crippen molar-refractivity contribution in [3.05, 3.63) is 79.1 Å². The number of para-hydroxylation sites is 1. The van der Waals surface area contributed by atoms with Crippen molar-refractivity contribution in [2.75, 3.05) is 12.0 Å². The summed E-state index contributed by atoms with van der Waals surface area (Å²) in [6.07, 6.45) is 1.41. The average molecular weight is 499 g/mol. The number of thioether (sulfide) groups is 1. The first-order chi connectivity index (χ1) is 16.1. The highest BCUT2D eigenvalue weighted by Gasteiger charge is 2.38. The Morgan fingerprint density at radius 1 is 1.21 bits per heavy atom. The van der Waals surface area contributed by atoms with Crippen molar-refractivity contribution >= 4 is 51.7 Å². The number of anilines is 1. The molecule has 0 unspecified atom stereocenters. The van der Waals surface area contributed by atoms with Crippen molar-refractivity contribution in [1.82, 2.24) is 9.36 Å². The Kier molecular flexibility index (Phi) is 6.02. The van der Waals surface area contributed by atoms with Gasteiger partial charge in [0.15, 0.2) is 10.1 Å². The van der Waals surface area contributed by atoms with Crippen LogP contribution in [-0.4, -0.2) is 36.7 Å². The smallest absolute Gasteiger partial charge is 0.315 e. The van der Waals surface area contributed by atoms with Gasteiger partial charge >= 0.3 is 5.69 Å². The Morgan fingerprint density at radius 3 is 2.50 bits per heavy atom. The molecule has 0 bridgehead atoms. The monoisotopic (exact) mass is 498 g/mol. The summed E-state index contributed by atoms with van der Waals surface area (Å²) in [5.74, 6) is -1.25. The molecular weight excluding hydrogens is 480 g/mol. The van der Waals surface area contributed by atoms with Gasteiger partial charge in [-0.25, -0.2) is 4.68 Å². The van der Waals surface area contributed by atoms with Crippen LogP contribution in [0.25, 0.3) is 11.8 Å². The van der Waals surface area contributed by atoms with E-state index in [-0.39, 0.29) is 26.2 Å². The number of rotatable bonds is 5. The van der Waals surface area contributed by atoms with Gasteiger partial charge in [0, 0.05) is 13.1 Å². The van der Waals surface area contributed by atoms with E-state index in [0.717, 1.165) is 17.8 Å². The molecule has 1 N–H and O–H groups in total. The van der Waals surface area contributed by atoms with E-state index in [1.165, 1.54) is 28.8 Å². The molecule has 0 saturated carbocycles. The molecule has 1 amide bonds. The number of methoxy groups -OCH3 is 1. The highest BCUT2D eigenvalue weighted by Crippen LogP contribution is 2.40. The van der Waals surface area contributed by atoms with Crippen LogP contribution in [0.15, 0.2) is 52.2 Å². The number of thiocarbonyl (C=S) groups is 1. The average Bonchev–Trinajstić information content (AvgIpc) is 3.20. The minimum atomic E-state index is -0.750. The first kappa shape index (κ1) is 23.3. The van der Waals surface area contributed by atoms with E-state index in [9.17, 15) is 24.8 Å². The van der Waals surface area contributed by atoms with E-state index in [4.69, 9.17) is 17.0 Å². The highest BCUT2D eigenvalue weighted by atomic mass is 32.2. The van der Waals surface area contributed by atoms with Crippen molar-refractivity contribution in [2.45, 2.75) is 6.92 Å². The number of aromatic hydroxyl groups is 1. The fourth-order valence-corrected chi connectivity index (χ4v) is 4.89. The standard InChI is InChI=1S/C22H18N4O6S2/c1-12-18(21(29)25(23(12)2)14-7-5-4-6-8-14)24-20(28)17(34-22(24)33)11-13-9-15(26(30)31)19(27)16(10-13)32-3/h4-11,27H,1-3H3. The van der Waals surface area contributed by atoms with Crippen molar-refractivity contribution < 1.29 is 19.6 Å². The lowest BCUT2D eigenvalue weighted by Gasteiger charge is -2.12. The van der Waals surface area contributed by atoms with Gasteiger partial charge in [0.05, 0.1) is 28.3 Å². The Morgan fingerprint density at radius 2 is 1.88 bits per heavy atom. The fraction of sp³-hybridized carbons (Fsp3) is 0.136. The molecule has 1 aliphatic rings. The lowest BCUT2D eigenvalue weighted by molar-refractivity contribution is -0.386. The number of ether oxygens (including phenoxy) is 1. The third-order valence-electron chi connectivity index (χ3n) is 5.33. The molecule has 10 nitrogen and oxygen atoms in total. The van der Waals surface area contributed by atoms with Crippen molar-refractivity contribution in [3.63, 3.8) is 0 Å². The molecule has 1 saturated heterocycles. The van der Waals surface area contributed by atoms with Crippen molar-refractivity contribution in [2.24, 2.45) is 7.05 Å². The number of nitro benzene ring substituents is 1. The summed E-state index contributed by atoms with van der Waals surface area (Å²) in [6.45, 7) is 1.71. The zero-order chi connectivity index (χ0) is 24.7. The second-order valence-electron chi connectivity index (χ2n) is 7.28. The predicted molar refractivity (Wildman–Crippen MR) is 133 cm³/mol. The number of hydrogen-bond acceptors (Lipinski definition) is 8. The van der Waals surface area contributed by atoms with Gasteiger partial charge in [-0.3, -0.25) is 29.3 Å². The SMILES string of the molecule is COc1cc(C=C2SC(=S)N(c3c(C)n(C)n(-c4ccccc4)c3=O)C2=O)cc([N+](=O)[O-])c1O. The van der Waals surface area contributed by atoms with Crippen molar-refractivity contribution in [1.29, 1.82) is 0 Å². The molecule has 3 aromatic rings. The third kappa shape index (κ3) is 3.76. The zero-order valence-electron chi connectivity index (χ0n) is 18.2. The molecule has 0 aliphatic carbocycles. The van der Waals surface area contributed by atoms with Gasteiger partial charge in [0.25, 0.3) is 11.5 Å². The summed E-state index contributed by atoms with van der Waals surface area (Å²) in [5, 5.41) is 21.3. The number of nitro groups is 1. The molecule has 0 spiro atoms. The highest BCUT2D eigenvalue weighted by molar-refractivity contribution is 8.27. The number of carbonyl (C=O) groups is 1. The minimum Gasteiger partial charge on any atom is -0.500 e. The van der Waals surface area contributed by atoms with Crippen LogP contribution >= 0.6 is 24.0 Å². The molecule has 2 heterocycles. The van der Waals surface area contributed by atoms with Gasteiger partial charge in [-0.2, -0.15) is 0 Å². The van der Waals surface area contributed by atoms with Gasteiger partial charge in [0.2, 0.25) is 5.75 Å². The van der Waals surface area contributed by atoms with Crippen LogP contribution < -0.4 is 15.2 Å². The molecule has 0 radical (unpaired) electrons. The van der Waals surface area contributed by atoms with Gasteiger partial charge in [0.1, 0.15) is 5.69 Å². The van der Waals surface area contributed by atoms with Gasteiger partial charge in [-0.05, 0) is 36.8 Å². The van der Waals surface area contributed by atoms with Gasteiger partial charge in [-0.15, -0.1) is 0 Å². The van der Waals surface area contributed by atoms with E-state index in [1.807, 2.05) is 6.07 Å². The van der Waals surface area contributed by atoms with Crippen LogP contribution in [-0.2, 0) is 11.8 Å². The quantitative estimate of drug-likeness (QED) is 0.246. The zero-order valence-corrected chi connectivity index (χ0v) is 19.8. The molecule has 1 aliphatic heterocycles. The maximum atomic E-state index is 13.3. The predicted octanol–water partition coefficient (Wildman–Crippen LogP) is 3.51. The topological polar surface area (TPSA) is 120 Å². The van der Waals surface area contributed by atoms with Crippen LogP contribution in [0, 0.1) is 17.0 Å². The minimum absolute atomic E-state index is 0.111. The summed E-state index contributed by atoms with van der Waals surface area (Å²) >= 11 is 6.39. The van der Waals surface area contributed by atoms with E-state index in [1.54, 1.807) is 42.9 Å². The molecule has 2 aromatic carbocycles. The second kappa shape index (κ2) is 8.80. The summed E-state index contributed by atoms with van der Waals surface area (Å²) in [4.78, 5) is 38.5. The fourth-order valence-electron chi connectivity index (χ4n) is 3.62. The molecule has 12 heteroatoms. The Hall–Kier alpha value is -3.90. The number of phenols is 1. The Labute approximate surface area is 202 Å². The van der Waals surface area contributed by atoms with E-state index in [0.29, 0.717) is 11.4 Å². The van der Waals surface area contributed by atoms with Crippen LogP contribution in [0.2, 0.25) is 0 Å². The summed E-state index contributed by atoms with van der Waals surface area (Å²) in [6, 6.07) is 11.5. The summed E-state index contributed by atoms with van der Waals surface area (Å²) < 4.78 is 8.25. The van der Waals surface area contributed by atoms with Crippen molar-refractivity contribution in [3.8, 4) is 17.2 Å². The van der Waals surface area contributed by atoms with Gasteiger partial charge in [-0.1, -0.05) is 42.2 Å². The lowest BCUT2D eigenvalue weighted by Crippen LogP contribution is -2.33. The summed E-state index contributed by atoms with van der Waals surface area (Å²) in [7, 11) is 2.97. The number of carbonyl (C=O) groups excluding carboxylic acids is 1. The molecule has 34 heavy (non-hydrogen) atoms. The molecule has 1 aromatic heterocycles. The molecule has 0 atom stereocenters. The summed E-state index contributed by atoms with van der Waals surface area (Å²) in [5.41, 5.74) is 0.582. The molecule has 174 valence electrons. The number of benzene rings is 2. The number of aromatic nitrogens is 2. The number of hydrogen-bond donors (Lipinski definition) is 1. The van der Waals surface area contributed by atoms with Crippen LogP contribution in [0.5, 0.6) is 11.5 Å². The first-order valence-electron chi connectivity index (χ1n) is 9.83. The van der Waals surface area contributed by atoms with Gasteiger partial charge < -0.3 is 9.84 Å². The molecule has 1 fully saturated rings. The first-order valence-corrected chi connectivity index (χ1v) is 11.1. The maximum Gasteiger partial charge on any atom is 0.315 e. The molecular formula is C22H18N4O6S2. The Bertz CT molecular complexity index is 1440. The number of amides is 1. The normalized spacial score (nSPS) is 14.8. The number of phenolic OH excluding ortho intramolecular Hbond substituents is 1. The van der Waals surface area contributed by atoms with E-state index < -0.39 is 27.8 Å². The molecule has 4 rings (SSSR count). The Balaban J connectivity index is 1.79. The largest absolute Gasteiger partial charge is 0.500 e. The van der Waals surface area contributed by atoms with Crippen LogP contribution in [0.4, 0.5) is 11.4 Å². The second-order valence-corrected chi connectivity index (χ2v) is 8.95. The third-order valence-corrected chi connectivity index (χ3v) is 6.63. The number of nitrogens with zero attached hydrogens (tertiary/aromatic N) is 4. The van der Waals surface area contributed by atoms with Crippen LogP contribution in [0.1, 0.15) is 11.3 Å².